The van der Waals surface area contributed by atoms with Gasteiger partial charge in [0.1, 0.15) is 18.1 Å². The van der Waals surface area contributed by atoms with Crippen molar-refractivity contribution < 1.29 is 14.6 Å². The number of hydrogen-bond acceptors (Lipinski definition) is 5. The van der Waals surface area contributed by atoms with Gasteiger partial charge in [-0.3, -0.25) is 9.69 Å². The first-order valence-corrected chi connectivity index (χ1v) is 10.1. The van der Waals surface area contributed by atoms with Gasteiger partial charge in [-0.25, -0.2) is 4.98 Å². The Kier molecular flexibility index (Phi) is 5.61. The topological polar surface area (TPSA) is 65.9 Å². The molecule has 6 nitrogen and oxygen atoms in total. The van der Waals surface area contributed by atoms with Gasteiger partial charge in [0.15, 0.2) is 5.75 Å². The molecule has 0 aliphatic carbocycles. The third-order valence-electron chi connectivity index (χ3n) is 5.41. The molecular weight excluding hydrogens is 425 g/mol. The van der Waals surface area contributed by atoms with E-state index in [1.165, 1.54) is 12.1 Å². The van der Waals surface area contributed by atoms with Crippen molar-refractivity contribution in [2.75, 3.05) is 26.2 Å². The Hall–Kier alpha value is -2.72. The monoisotopic (exact) mass is 443 g/mol. The van der Waals surface area contributed by atoms with Gasteiger partial charge in [0.25, 0.3) is 0 Å². The van der Waals surface area contributed by atoms with Crippen LogP contribution in [0.25, 0.3) is 11.1 Å². The van der Waals surface area contributed by atoms with E-state index in [0.29, 0.717) is 60.4 Å². The van der Waals surface area contributed by atoms with E-state index < -0.39 is 0 Å². The molecule has 2 aliphatic heterocycles. The Bertz CT molecular complexity index is 1060. The summed E-state index contributed by atoms with van der Waals surface area (Å²) < 4.78 is 6.06. The number of aromatic nitrogens is 1. The molecule has 30 heavy (non-hydrogen) atoms. The first kappa shape index (κ1) is 20.5. The van der Waals surface area contributed by atoms with Crippen LogP contribution in [-0.4, -0.2) is 58.1 Å². The molecule has 1 atom stereocenters. The van der Waals surface area contributed by atoms with Gasteiger partial charge in [-0.2, -0.15) is 0 Å². The Morgan fingerprint density at radius 3 is 2.87 bits per heavy atom. The normalized spacial score (nSPS) is 18.4. The molecule has 0 spiro atoms. The fraction of sp³-hybridized carbons (Fsp3) is 0.273. The molecule has 1 saturated heterocycles. The van der Waals surface area contributed by atoms with Crippen LogP contribution in [0.3, 0.4) is 0 Å². The smallest absolute Gasteiger partial charge is 0.246 e. The zero-order chi connectivity index (χ0) is 21.4. The van der Waals surface area contributed by atoms with E-state index in [-0.39, 0.29) is 28.4 Å². The summed E-state index contributed by atoms with van der Waals surface area (Å²) in [5, 5.41) is 11.0. The predicted molar refractivity (Wildman–Crippen MR) is 116 cm³/mol. The number of phenols is 1. The summed E-state index contributed by atoms with van der Waals surface area (Å²) in [6.45, 7) is 6.17. The van der Waals surface area contributed by atoms with Crippen LogP contribution in [0.4, 0.5) is 0 Å². The third kappa shape index (κ3) is 3.50. The second-order valence-corrected chi connectivity index (χ2v) is 7.91. The van der Waals surface area contributed by atoms with Gasteiger partial charge in [-0.1, -0.05) is 35.8 Å². The maximum absolute atomic E-state index is 12.0. The highest BCUT2D eigenvalue weighted by molar-refractivity contribution is 6.38. The van der Waals surface area contributed by atoms with E-state index in [4.69, 9.17) is 34.4 Å². The number of halogens is 2. The van der Waals surface area contributed by atoms with Gasteiger partial charge >= 0.3 is 0 Å². The van der Waals surface area contributed by atoms with Crippen molar-refractivity contribution >= 4 is 29.1 Å². The van der Waals surface area contributed by atoms with Gasteiger partial charge in [0.2, 0.25) is 5.91 Å². The molecule has 1 fully saturated rings. The molecular formula is C22H19Cl2N3O3. The number of aromatic hydroxyl groups is 1. The lowest BCUT2D eigenvalue weighted by molar-refractivity contribution is -0.129. The molecule has 4 rings (SSSR count). The Morgan fingerprint density at radius 1 is 1.37 bits per heavy atom. The molecule has 154 valence electrons. The summed E-state index contributed by atoms with van der Waals surface area (Å²) in [4.78, 5) is 20.6. The summed E-state index contributed by atoms with van der Waals surface area (Å²) >= 11 is 13.1. The number of nitrogens with zero attached hydrogens (tertiary/aromatic N) is 3. The first-order valence-electron chi connectivity index (χ1n) is 9.39. The highest BCUT2D eigenvalue weighted by Gasteiger charge is 2.34. The molecule has 0 radical (unpaired) electrons. The number of carbonyl (C=O) groups excluding carboxylic acids is 1. The second-order valence-electron chi connectivity index (χ2n) is 7.13. The highest BCUT2D eigenvalue weighted by Crippen LogP contribution is 2.46. The molecule has 8 heteroatoms. The number of pyridine rings is 1. The number of benzene rings is 1. The number of hydrogen-bond donors (Lipinski definition) is 1. The van der Waals surface area contributed by atoms with Gasteiger partial charge < -0.3 is 14.7 Å². The average Bonchev–Trinajstić information content (AvgIpc) is 2.93. The fourth-order valence-corrected chi connectivity index (χ4v) is 4.50. The lowest BCUT2D eigenvalue weighted by Crippen LogP contribution is -2.55. The molecule has 3 heterocycles. The van der Waals surface area contributed by atoms with Crippen molar-refractivity contribution in [2.45, 2.75) is 12.6 Å². The lowest BCUT2D eigenvalue weighted by atomic mass is 10.0. The van der Waals surface area contributed by atoms with Crippen LogP contribution in [0, 0.1) is 12.3 Å². The first-order chi connectivity index (χ1) is 14.4. The van der Waals surface area contributed by atoms with Crippen molar-refractivity contribution in [3.8, 4) is 35.0 Å². The molecule has 0 unspecified atom stereocenters. The average molecular weight is 444 g/mol. The van der Waals surface area contributed by atoms with Gasteiger partial charge in [0.05, 0.1) is 21.8 Å². The minimum Gasteiger partial charge on any atom is -0.507 e. The van der Waals surface area contributed by atoms with E-state index in [2.05, 4.69) is 22.4 Å². The highest BCUT2D eigenvalue weighted by atomic mass is 35.5. The van der Waals surface area contributed by atoms with Gasteiger partial charge in [0, 0.05) is 37.3 Å². The number of fused-ring (bicyclic) bond motifs is 2. The van der Waals surface area contributed by atoms with Crippen molar-refractivity contribution in [2.24, 2.45) is 0 Å². The van der Waals surface area contributed by atoms with E-state index in [1.54, 1.807) is 17.0 Å². The Morgan fingerprint density at radius 2 is 2.17 bits per heavy atom. The van der Waals surface area contributed by atoms with Crippen LogP contribution in [0.15, 0.2) is 30.9 Å². The number of phenolic OH excluding ortho intramolecular Hbond substituents is 1. The zero-order valence-electron chi connectivity index (χ0n) is 16.1. The minimum absolute atomic E-state index is 0.0145. The van der Waals surface area contributed by atoms with Crippen molar-refractivity contribution in [1.82, 2.24) is 14.8 Å². The summed E-state index contributed by atoms with van der Waals surface area (Å²) in [6, 6.07) is 4.77. The number of rotatable bonds is 2. The number of piperazine rings is 1. The molecule has 1 N–H and O–H groups in total. The third-order valence-corrected chi connectivity index (χ3v) is 6.08. The van der Waals surface area contributed by atoms with E-state index in [9.17, 15) is 9.90 Å². The van der Waals surface area contributed by atoms with Crippen LogP contribution in [0.1, 0.15) is 11.4 Å². The summed E-state index contributed by atoms with van der Waals surface area (Å²) in [6.07, 6.45) is 7.05. The summed E-state index contributed by atoms with van der Waals surface area (Å²) in [5.41, 5.74) is 1.59. The number of terminal acetylenes is 1. The molecule has 0 saturated carbocycles. The fourth-order valence-electron chi connectivity index (χ4n) is 3.89. The second kappa shape index (κ2) is 8.19. The maximum atomic E-state index is 12.0. The predicted octanol–water partition coefficient (Wildman–Crippen LogP) is 3.33. The van der Waals surface area contributed by atoms with E-state index in [1.807, 2.05) is 0 Å². The van der Waals surface area contributed by atoms with Crippen molar-refractivity contribution in [3.05, 3.63) is 52.3 Å². The Balaban J connectivity index is 1.76. The molecule has 2 aliphatic rings. The van der Waals surface area contributed by atoms with Crippen LogP contribution < -0.4 is 4.74 Å². The van der Waals surface area contributed by atoms with Crippen LogP contribution in [0.5, 0.6) is 11.5 Å². The number of amides is 1. The van der Waals surface area contributed by atoms with Gasteiger partial charge in [-0.15, -0.1) is 6.42 Å². The standard InChI is InChI=1S/C22H19Cl2N3O3/c1-3-15-20(19-14(23)6-5-7-17(19)28)21(24)22-16(25-15)11-26-8-9-27(18(29)4-2)10-13(26)12-30-22/h1,4-7,13,28H,2,8-12H2/t13-/m1/s1. The van der Waals surface area contributed by atoms with Crippen LogP contribution in [0.2, 0.25) is 10.0 Å². The Labute approximate surface area is 184 Å². The zero-order valence-corrected chi connectivity index (χ0v) is 17.6. The van der Waals surface area contributed by atoms with E-state index >= 15 is 0 Å². The number of carbonyl (C=O) groups is 1. The molecule has 1 aromatic heterocycles. The number of ether oxygens (including phenoxy) is 1. The maximum Gasteiger partial charge on any atom is 0.246 e. The quantitative estimate of drug-likeness (QED) is 0.569. The molecule has 1 amide bonds. The largest absolute Gasteiger partial charge is 0.507 e. The van der Waals surface area contributed by atoms with Crippen molar-refractivity contribution in [3.63, 3.8) is 0 Å². The van der Waals surface area contributed by atoms with E-state index in [0.717, 1.165) is 0 Å². The molecule has 0 bridgehead atoms. The van der Waals surface area contributed by atoms with Crippen LogP contribution >= 0.6 is 23.2 Å². The minimum atomic E-state index is -0.0985. The molecule has 1 aromatic carbocycles. The lowest BCUT2D eigenvalue weighted by Gasteiger charge is -2.39. The SMILES string of the molecule is C#Cc1nc2c(c(Cl)c1-c1c(O)cccc1Cl)OC[C@H]1CN(C(=O)C=C)CCN1C2. The summed E-state index contributed by atoms with van der Waals surface area (Å²) in [7, 11) is 0. The van der Waals surface area contributed by atoms with Crippen molar-refractivity contribution in [1.29, 1.82) is 0 Å². The van der Waals surface area contributed by atoms with Gasteiger partial charge in [-0.05, 0) is 24.1 Å². The summed E-state index contributed by atoms with van der Waals surface area (Å²) in [5.74, 6) is 2.83. The van der Waals surface area contributed by atoms with Crippen LogP contribution in [-0.2, 0) is 11.3 Å². The molecule has 2 aromatic rings.